The van der Waals surface area contributed by atoms with Gasteiger partial charge in [0.15, 0.2) is 0 Å². The van der Waals surface area contributed by atoms with Crippen LogP contribution in [0, 0.1) is 0 Å². The van der Waals surface area contributed by atoms with Crippen molar-refractivity contribution in [3.63, 3.8) is 0 Å². The summed E-state index contributed by atoms with van der Waals surface area (Å²) in [7, 11) is 0. The first-order valence-electron chi connectivity index (χ1n) is 6.27. The summed E-state index contributed by atoms with van der Waals surface area (Å²) in [5, 5.41) is 14.2. The molecule has 0 radical (unpaired) electrons. The molecule has 0 saturated heterocycles. The number of aliphatic carboxylic acids is 1. The molecule has 0 aliphatic carbocycles. The number of nitrogens with one attached hydrogen (secondary N) is 2. The number of rotatable bonds is 6. The van der Waals surface area contributed by atoms with Gasteiger partial charge in [0, 0.05) is 19.5 Å². The topological polar surface area (TPSA) is 78.4 Å². The SMILES string of the molecule is CCCC(CC(=O)O)NC(=O)Nc1c(Br)cc(Br)cc1Br. The van der Waals surface area contributed by atoms with E-state index in [1.807, 2.05) is 6.92 Å². The first-order valence-corrected chi connectivity index (χ1v) is 8.65. The van der Waals surface area contributed by atoms with Gasteiger partial charge in [-0.2, -0.15) is 0 Å². The molecule has 1 aromatic rings. The van der Waals surface area contributed by atoms with Crippen LogP contribution in [0.25, 0.3) is 0 Å². The molecule has 1 unspecified atom stereocenters. The highest BCUT2D eigenvalue weighted by Gasteiger charge is 2.16. The molecule has 0 bridgehead atoms. The van der Waals surface area contributed by atoms with Gasteiger partial charge in [-0.3, -0.25) is 4.79 Å². The Hall–Kier alpha value is -0.600. The quantitative estimate of drug-likeness (QED) is 0.543. The van der Waals surface area contributed by atoms with Gasteiger partial charge in [0.2, 0.25) is 0 Å². The third kappa shape index (κ3) is 6.36. The Labute approximate surface area is 148 Å². The Morgan fingerprint density at radius 1 is 1.24 bits per heavy atom. The van der Waals surface area contributed by atoms with E-state index in [9.17, 15) is 9.59 Å². The van der Waals surface area contributed by atoms with Gasteiger partial charge in [-0.15, -0.1) is 0 Å². The average molecular weight is 487 g/mol. The lowest BCUT2D eigenvalue weighted by molar-refractivity contribution is -0.137. The maximum atomic E-state index is 12.0. The van der Waals surface area contributed by atoms with Gasteiger partial charge in [-0.25, -0.2) is 4.79 Å². The van der Waals surface area contributed by atoms with E-state index in [0.717, 1.165) is 10.9 Å². The predicted molar refractivity (Wildman–Crippen MR) is 92.6 cm³/mol. The van der Waals surface area contributed by atoms with Crippen LogP contribution in [0.5, 0.6) is 0 Å². The van der Waals surface area contributed by atoms with Crippen LogP contribution in [0.4, 0.5) is 10.5 Å². The summed E-state index contributed by atoms with van der Waals surface area (Å²) in [6.45, 7) is 1.94. The molecule has 1 aromatic carbocycles. The van der Waals surface area contributed by atoms with E-state index < -0.39 is 12.0 Å². The number of amides is 2. The second kappa shape index (κ2) is 8.75. The molecule has 0 aliphatic rings. The molecule has 116 valence electrons. The maximum absolute atomic E-state index is 12.0. The third-order valence-corrected chi connectivity index (χ3v) is 4.35. The zero-order valence-corrected chi connectivity index (χ0v) is 16.0. The number of carbonyl (C=O) groups is 2. The summed E-state index contributed by atoms with van der Waals surface area (Å²) in [5.41, 5.74) is 0.585. The number of benzene rings is 1. The highest BCUT2D eigenvalue weighted by atomic mass is 79.9. The molecule has 0 aliphatic heterocycles. The Bertz CT molecular complexity index is 514. The Morgan fingerprint density at radius 3 is 2.29 bits per heavy atom. The molecule has 5 nitrogen and oxygen atoms in total. The molecule has 0 fully saturated rings. The van der Waals surface area contributed by atoms with Crippen LogP contribution in [-0.2, 0) is 4.79 Å². The van der Waals surface area contributed by atoms with Crippen molar-refractivity contribution in [3.05, 3.63) is 25.6 Å². The number of carboxylic acid groups (broad SMARTS) is 1. The number of halogens is 3. The van der Waals surface area contributed by atoms with E-state index in [-0.39, 0.29) is 12.5 Å². The van der Waals surface area contributed by atoms with E-state index in [1.54, 1.807) is 12.1 Å². The molecular formula is C13H15Br3N2O3. The number of urea groups is 1. The first kappa shape index (κ1) is 18.4. The third-order valence-electron chi connectivity index (χ3n) is 2.64. The number of anilines is 1. The molecule has 0 spiro atoms. The lowest BCUT2D eigenvalue weighted by Gasteiger charge is -2.17. The normalized spacial score (nSPS) is 11.8. The van der Waals surface area contributed by atoms with Gasteiger partial charge in [0.1, 0.15) is 0 Å². The van der Waals surface area contributed by atoms with Gasteiger partial charge < -0.3 is 15.7 Å². The van der Waals surface area contributed by atoms with E-state index in [4.69, 9.17) is 5.11 Å². The lowest BCUT2D eigenvalue weighted by atomic mass is 10.1. The van der Waals surface area contributed by atoms with Crippen molar-refractivity contribution >= 4 is 65.5 Å². The van der Waals surface area contributed by atoms with Crippen molar-refractivity contribution in [2.45, 2.75) is 32.2 Å². The summed E-state index contributed by atoms with van der Waals surface area (Å²) in [5.74, 6) is -0.931. The zero-order valence-electron chi connectivity index (χ0n) is 11.3. The standard InChI is InChI=1S/C13H15Br3N2O3/c1-2-3-8(6-11(19)20)17-13(21)18-12-9(15)4-7(14)5-10(12)16/h4-5,8H,2-3,6H2,1H3,(H,19,20)(H2,17,18,21). The van der Waals surface area contributed by atoms with Crippen LogP contribution >= 0.6 is 47.8 Å². The Morgan fingerprint density at radius 2 is 1.81 bits per heavy atom. The van der Waals surface area contributed by atoms with Crippen LogP contribution in [0.15, 0.2) is 25.6 Å². The monoisotopic (exact) mass is 484 g/mol. The van der Waals surface area contributed by atoms with E-state index in [0.29, 0.717) is 21.1 Å². The van der Waals surface area contributed by atoms with Gasteiger partial charge in [0.25, 0.3) is 0 Å². The lowest BCUT2D eigenvalue weighted by Crippen LogP contribution is -2.39. The molecule has 0 saturated carbocycles. The molecule has 3 N–H and O–H groups in total. The summed E-state index contributed by atoms with van der Waals surface area (Å²) in [6, 6.07) is 2.79. The van der Waals surface area contributed by atoms with Crippen molar-refractivity contribution in [2.75, 3.05) is 5.32 Å². The minimum Gasteiger partial charge on any atom is -0.481 e. The molecule has 1 rings (SSSR count). The van der Waals surface area contributed by atoms with Gasteiger partial charge >= 0.3 is 12.0 Å². The maximum Gasteiger partial charge on any atom is 0.319 e. The van der Waals surface area contributed by atoms with Gasteiger partial charge in [0.05, 0.1) is 12.1 Å². The molecule has 21 heavy (non-hydrogen) atoms. The van der Waals surface area contributed by atoms with Crippen molar-refractivity contribution in [2.24, 2.45) is 0 Å². The molecule has 2 amide bonds. The van der Waals surface area contributed by atoms with Crippen molar-refractivity contribution in [1.29, 1.82) is 0 Å². The minimum atomic E-state index is -0.931. The fourth-order valence-electron chi connectivity index (χ4n) is 1.78. The highest BCUT2D eigenvalue weighted by molar-refractivity contribution is 9.11. The summed E-state index contributed by atoms with van der Waals surface area (Å²) in [4.78, 5) is 22.8. The summed E-state index contributed by atoms with van der Waals surface area (Å²) in [6.07, 6.45) is 1.32. The molecule has 0 heterocycles. The number of hydrogen-bond donors (Lipinski definition) is 3. The highest BCUT2D eigenvalue weighted by Crippen LogP contribution is 2.34. The van der Waals surface area contributed by atoms with Crippen molar-refractivity contribution in [3.8, 4) is 0 Å². The second-order valence-corrected chi connectivity index (χ2v) is 7.05. The fourth-order valence-corrected chi connectivity index (χ4v) is 4.24. The Kier molecular flexibility index (Phi) is 7.69. The number of hydrogen-bond acceptors (Lipinski definition) is 2. The Balaban J connectivity index is 2.74. The van der Waals surface area contributed by atoms with E-state index >= 15 is 0 Å². The van der Waals surface area contributed by atoms with Crippen molar-refractivity contribution < 1.29 is 14.7 Å². The average Bonchev–Trinajstić information content (AvgIpc) is 2.33. The predicted octanol–water partition coefficient (Wildman–Crippen LogP) is 4.74. The van der Waals surface area contributed by atoms with Crippen LogP contribution in [0.3, 0.4) is 0 Å². The molecule has 0 aromatic heterocycles. The molecule has 1 atom stereocenters. The summed E-state index contributed by atoms with van der Waals surface area (Å²) < 4.78 is 2.29. The minimum absolute atomic E-state index is 0.0933. The van der Waals surface area contributed by atoms with Crippen LogP contribution in [-0.4, -0.2) is 23.1 Å². The van der Waals surface area contributed by atoms with Crippen molar-refractivity contribution in [1.82, 2.24) is 5.32 Å². The van der Waals surface area contributed by atoms with Crippen LogP contribution in [0.1, 0.15) is 26.2 Å². The number of carbonyl (C=O) groups excluding carboxylic acids is 1. The van der Waals surface area contributed by atoms with Crippen LogP contribution in [0.2, 0.25) is 0 Å². The molecular weight excluding hydrogens is 472 g/mol. The molecule has 8 heteroatoms. The largest absolute Gasteiger partial charge is 0.481 e. The second-order valence-electron chi connectivity index (χ2n) is 4.43. The zero-order chi connectivity index (χ0) is 16.0. The van der Waals surface area contributed by atoms with Crippen LogP contribution < -0.4 is 10.6 Å². The van der Waals surface area contributed by atoms with Gasteiger partial charge in [-0.05, 0) is 50.4 Å². The van der Waals surface area contributed by atoms with E-state index in [2.05, 4.69) is 58.4 Å². The fraction of sp³-hybridized carbons (Fsp3) is 0.385. The van der Waals surface area contributed by atoms with Gasteiger partial charge in [-0.1, -0.05) is 29.3 Å². The number of carboxylic acids is 1. The van der Waals surface area contributed by atoms with E-state index in [1.165, 1.54) is 0 Å². The smallest absolute Gasteiger partial charge is 0.319 e. The first-order chi connectivity index (χ1) is 9.83. The summed E-state index contributed by atoms with van der Waals surface area (Å²) >= 11 is 10.1.